The second kappa shape index (κ2) is 4.04. The number of ether oxygens (including phenoxy) is 3. The molecule has 1 aliphatic carbocycles. The minimum atomic E-state index is -0.938. The van der Waals surface area contributed by atoms with E-state index >= 15 is 0 Å². The van der Waals surface area contributed by atoms with Gasteiger partial charge in [0.05, 0.1) is 32.8 Å². The van der Waals surface area contributed by atoms with Crippen molar-refractivity contribution in [3.8, 4) is 6.07 Å². The van der Waals surface area contributed by atoms with Crippen molar-refractivity contribution < 1.29 is 19.0 Å². The topological polar surface area (TPSA) is 68.6 Å². The van der Waals surface area contributed by atoms with Gasteiger partial charge in [-0.3, -0.25) is 4.79 Å². The summed E-state index contributed by atoms with van der Waals surface area (Å²) in [6.07, 6.45) is 2.15. The number of hydrogen-bond acceptors (Lipinski definition) is 5. The predicted molar refractivity (Wildman–Crippen MR) is 53.2 cm³/mol. The standard InChI is InChI=1S/C11H15NO4/c1-14-9(13)10(5-6-12)3-2-4-11(10)15-7-8-16-11/h2-5,7-8H2,1H3. The highest BCUT2D eigenvalue weighted by molar-refractivity contribution is 5.79. The second-order valence-corrected chi connectivity index (χ2v) is 4.21. The minimum Gasteiger partial charge on any atom is -0.468 e. The lowest BCUT2D eigenvalue weighted by Crippen LogP contribution is -2.50. The largest absolute Gasteiger partial charge is 0.468 e. The number of rotatable bonds is 2. The van der Waals surface area contributed by atoms with Gasteiger partial charge in [-0.05, 0) is 12.8 Å². The zero-order valence-corrected chi connectivity index (χ0v) is 9.32. The Morgan fingerprint density at radius 1 is 1.44 bits per heavy atom. The first kappa shape index (κ1) is 11.4. The van der Waals surface area contributed by atoms with E-state index in [1.807, 2.05) is 0 Å². The van der Waals surface area contributed by atoms with Gasteiger partial charge in [-0.15, -0.1) is 0 Å². The summed E-state index contributed by atoms with van der Waals surface area (Å²) in [7, 11) is 1.34. The zero-order valence-electron chi connectivity index (χ0n) is 9.32. The fraction of sp³-hybridized carbons (Fsp3) is 0.818. The first-order valence-corrected chi connectivity index (χ1v) is 5.44. The fourth-order valence-electron chi connectivity index (χ4n) is 2.81. The lowest BCUT2D eigenvalue weighted by atomic mass is 9.78. The van der Waals surface area contributed by atoms with E-state index in [2.05, 4.69) is 6.07 Å². The van der Waals surface area contributed by atoms with Crippen molar-refractivity contribution >= 4 is 5.97 Å². The van der Waals surface area contributed by atoms with Gasteiger partial charge in [-0.1, -0.05) is 0 Å². The molecule has 0 aromatic carbocycles. The van der Waals surface area contributed by atoms with Crippen molar-refractivity contribution in [2.75, 3.05) is 20.3 Å². The molecule has 0 radical (unpaired) electrons. The maximum Gasteiger partial charge on any atom is 0.318 e. The molecule has 0 amide bonds. The van der Waals surface area contributed by atoms with Crippen molar-refractivity contribution in [2.45, 2.75) is 31.5 Å². The molecule has 2 rings (SSSR count). The van der Waals surface area contributed by atoms with Crippen LogP contribution in [0.2, 0.25) is 0 Å². The first-order chi connectivity index (χ1) is 7.71. The van der Waals surface area contributed by atoms with Gasteiger partial charge < -0.3 is 14.2 Å². The molecule has 1 spiro atoms. The normalized spacial score (nSPS) is 31.5. The Morgan fingerprint density at radius 2 is 2.12 bits per heavy atom. The van der Waals surface area contributed by atoms with Gasteiger partial charge in [0.25, 0.3) is 0 Å². The zero-order chi connectivity index (χ0) is 11.6. The first-order valence-electron chi connectivity index (χ1n) is 5.44. The Balaban J connectivity index is 2.37. The second-order valence-electron chi connectivity index (χ2n) is 4.21. The van der Waals surface area contributed by atoms with Crippen molar-refractivity contribution in [1.29, 1.82) is 5.26 Å². The maximum atomic E-state index is 12.0. The summed E-state index contributed by atoms with van der Waals surface area (Å²) >= 11 is 0. The fourth-order valence-corrected chi connectivity index (χ4v) is 2.81. The molecule has 1 heterocycles. The molecule has 16 heavy (non-hydrogen) atoms. The molecule has 1 aliphatic heterocycles. The van der Waals surface area contributed by atoms with Crippen molar-refractivity contribution in [1.82, 2.24) is 0 Å². The van der Waals surface area contributed by atoms with E-state index in [4.69, 9.17) is 19.5 Å². The van der Waals surface area contributed by atoms with Crippen molar-refractivity contribution in [3.63, 3.8) is 0 Å². The van der Waals surface area contributed by atoms with Crippen LogP contribution < -0.4 is 0 Å². The summed E-state index contributed by atoms with van der Waals surface area (Å²) < 4.78 is 16.1. The highest BCUT2D eigenvalue weighted by Gasteiger charge is 2.64. The van der Waals surface area contributed by atoms with Crippen LogP contribution in [0, 0.1) is 16.7 Å². The Bertz CT molecular complexity index is 324. The third-order valence-electron chi connectivity index (χ3n) is 3.55. The lowest BCUT2D eigenvalue weighted by Gasteiger charge is -2.37. The number of esters is 1. The smallest absolute Gasteiger partial charge is 0.318 e. The predicted octanol–water partition coefficient (Wildman–Crippen LogP) is 0.986. The molecule has 1 saturated carbocycles. The summed E-state index contributed by atoms with van der Waals surface area (Å²) in [5.74, 6) is -1.32. The highest BCUT2D eigenvalue weighted by Crippen LogP contribution is 2.54. The van der Waals surface area contributed by atoms with Crippen LogP contribution in [0.5, 0.6) is 0 Å². The van der Waals surface area contributed by atoms with E-state index in [9.17, 15) is 4.79 Å². The van der Waals surface area contributed by atoms with Gasteiger partial charge in [0.15, 0.2) is 5.79 Å². The Labute approximate surface area is 94.3 Å². The van der Waals surface area contributed by atoms with Crippen LogP contribution in [-0.2, 0) is 19.0 Å². The summed E-state index contributed by atoms with van der Waals surface area (Å²) in [6, 6.07) is 2.06. The van der Waals surface area contributed by atoms with Crippen LogP contribution in [0.1, 0.15) is 25.7 Å². The van der Waals surface area contributed by atoms with Crippen LogP contribution in [0.25, 0.3) is 0 Å². The number of carbonyl (C=O) groups excluding carboxylic acids is 1. The maximum absolute atomic E-state index is 12.0. The average molecular weight is 225 g/mol. The third kappa shape index (κ3) is 1.34. The monoisotopic (exact) mass is 225 g/mol. The number of carbonyl (C=O) groups is 1. The van der Waals surface area contributed by atoms with Crippen molar-refractivity contribution in [3.05, 3.63) is 0 Å². The summed E-state index contributed by atoms with van der Waals surface area (Å²) in [4.78, 5) is 12.0. The van der Waals surface area contributed by atoms with Crippen LogP contribution in [0.3, 0.4) is 0 Å². The van der Waals surface area contributed by atoms with Crippen LogP contribution in [-0.4, -0.2) is 32.1 Å². The number of methoxy groups -OCH3 is 1. The van der Waals surface area contributed by atoms with E-state index in [1.165, 1.54) is 7.11 Å². The van der Waals surface area contributed by atoms with Crippen molar-refractivity contribution in [2.24, 2.45) is 5.41 Å². The molecule has 5 nitrogen and oxygen atoms in total. The summed E-state index contributed by atoms with van der Waals surface area (Å²) in [5.41, 5.74) is -0.938. The van der Waals surface area contributed by atoms with E-state index in [-0.39, 0.29) is 6.42 Å². The van der Waals surface area contributed by atoms with Crippen LogP contribution >= 0.6 is 0 Å². The van der Waals surface area contributed by atoms with Crippen LogP contribution in [0.15, 0.2) is 0 Å². The van der Waals surface area contributed by atoms with E-state index < -0.39 is 17.2 Å². The van der Waals surface area contributed by atoms with E-state index in [0.717, 1.165) is 6.42 Å². The Morgan fingerprint density at radius 3 is 2.69 bits per heavy atom. The Kier molecular flexibility index (Phi) is 2.87. The molecule has 2 aliphatic rings. The number of nitrogens with zero attached hydrogens (tertiary/aromatic N) is 1. The molecular formula is C11H15NO4. The van der Waals surface area contributed by atoms with Gasteiger partial charge in [0.2, 0.25) is 0 Å². The minimum absolute atomic E-state index is 0.0830. The number of nitriles is 1. The molecule has 0 N–H and O–H groups in total. The molecule has 2 fully saturated rings. The molecule has 5 heteroatoms. The van der Waals surface area contributed by atoms with Gasteiger partial charge in [-0.25, -0.2) is 0 Å². The molecule has 0 aromatic heterocycles. The molecule has 0 aromatic rings. The van der Waals surface area contributed by atoms with Gasteiger partial charge in [0, 0.05) is 6.42 Å². The number of hydrogen-bond donors (Lipinski definition) is 0. The molecule has 1 unspecified atom stereocenters. The quantitative estimate of drug-likeness (QED) is 0.655. The van der Waals surface area contributed by atoms with Gasteiger partial charge in [0.1, 0.15) is 5.41 Å². The Hall–Kier alpha value is -1.12. The SMILES string of the molecule is COC(=O)C1(CC#N)CCCC12OCCO2. The summed E-state index contributed by atoms with van der Waals surface area (Å²) in [6.45, 7) is 0.953. The summed E-state index contributed by atoms with van der Waals surface area (Å²) in [5, 5.41) is 8.91. The molecule has 1 saturated heterocycles. The highest BCUT2D eigenvalue weighted by atomic mass is 16.7. The molecule has 0 bridgehead atoms. The third-order valence-corrected chi connectivity index (χ3v) is 3.55. The molecule has 1 atom stereocenters. The van der Waals surface area contributed by atoms with Gasteiger partial charge >= 0.3 is 5.97 Å². The lowest BCUT2D eigenvalue weighted by molar-refractivity contribution is -0.229. The van der Waals surface area contributed by atoms with E-state index in [1.54, 1.807) is 0 Å². The van der Waals surface area contributed by atoms with Gasteiger partial charge in [-0.2, -0.15) is 5.26 Å². The average Bonchev–Trinajstić information content (AvgIpc) is 2.89. The molecule has 88 valence electrons. The molecular weight excluding hydrogens is 210 g/mol. The van der Waals surface area contributed by atoms with E-state index in [0.29, 0.717) is 26.1 Å². The van der Waals surface area contributed by atoms with Crippen LogP contribution in [0.4, 0.5) is 0 Å².